The number of ether oxygens (including phenoxy) is 2. The average molecular weight is 634 g/mol. The Hall–Kier alpha value is -4.52. The largest absolute Gasteiger partial charge is 0.497 e. The molecule has 0 saturated carbocycles. The van der Waals surface area contributed by atoms with Crippen molar-refractivity contribution in [1.29, 1.82) is 0 Å². The molecule has 0 saturated heterocycles. The maximum atomic E-state index is 12.9. The van der Waals surface area contributed by atoms with Gasteiger partial charge in [0.25, 0.3) is 10.0 Å². The predicted molar refractivity (Wildman–Crippen MR) is 167 cm³/mol. The highest BCUT2D eigenvalue weighted by atomic mass is 32.2. The van der Waals surface area contributed by atoms with Crippen molar-refractivity contribution in [2.75, 3.05) is 25.1 Å². The van der Waals surface area contributed by atoms with Gasteiger partial charge >= 0.3 is 5.97 Å². The summed E-state index contributed by atoms with van der Waals surface area (Å²) in [7, 11) is -5.94. The van der Waals surface area contributed by atoms with Gasteiger partial charge in [-0.1, -0.05) is 38.1 Å². The Kier molecular flexibility index (Phi) is 8.86. The number of amidine groups is 1. The first-order valence-electron chi connectivity index (χ1n) is 13.8. The summed E-state index contributed by atoms with van der Waals surface area (Å²) in [6.45, 7) is 4.50. The second-order valence-electron chi connectivity index (χ2n) is 9.82. The van der Waals surface area contributed by atoms with E-state index in [4.69, 9.17) is 9.47 Å². The van der Waals surface area contributed by atoms with Crippen LogP contribution in [-0.4, -0.2) is 53.1 Å². The third kappa shape index (κ3) is 6.23. The van der Waals surface area contributed by atoms with Gasteiger partial charge in [0, 0.05) is 30.9 Å². The minimum atomic E-state index is -3.87. The molecule has 0 N–H and O–H groups in total. The summed E-state index contributed by atoms with van der Waals surface area (Å²) in [5, 5.41) is 0. The molecule has 1 aliphatic heterocycles. The number of methoxy groups -OCH3 is 1. The maximum Gasteiger partial charge on any atom is 0.343 e. The monoisotopic (exact) mass is 633 g/mol. The van der Waals surface area contributed by atoms with Gasteiger partial charge in [-0.2, -0.15) is 12.7 Å². The standard InChI is InChI=1S/C32H31N3O7S2/c1-4-34(5-2)44(39,40)28-20-12-24(13-21-28)32(36)42-27-18-14-25(15-19-27)35(22-23-10-16-26(41-3)17-11-23)31-29-8-6-7-9-30(29)43(37,38)33-31/h6-21H,4-5,22H2,1-3H3. The van der Waals surface area contributed by atoms with E-state index < -0.39 is 26.0 Å². The molecule has 0 radical (unpaired) electrons. The van der Waals surface area contributed by atoms with Crippen LogP contribution in [0.3, 0.4) is 0 Å². The van der Waals surface area contributed by atoms with Crippen LogP contribution in [0.2, 0.25) is 0 Å². The van der Waals surface area contributed by atoms with Crippen molar-refractivity contribution >= 4 is 37.5 Å². The molecule has 10 nitrogen and oxygen atoms in total. The summed E-state index contributed by atoms with van der Waals surface area (Å²) in [6, 6.07) is 26.3. The molecule has 12 heteroatoms. The van der Waals surface area contributed by atoms with E-state index in [1.54, 1.807) is 68.3 Å². The lowest BCUT2D eigenvalue weighted by atomic mass is 10.1. The maximum absolute atomic E-state index is 12.9. The van der Waals surface area contributed by atoms with Gasteiger partial charge in [-0.3, -0.25) is 0 Å². The number of carbonyl (C=O) groups excluding carboxylic acids is 1. The Morgan fingerprint density at radius 2 is 1.43 bits per heavy atom. The number of sulfonamides is 2. The molecule has 0 atom stereocenters. The number of fused-ring (bicyclic) bond motifs is 1. The predicted octanol–water partition coefficient (Wildman–Crippen LogP) is 5.10. The van der Waals surface area contributed by atoms with Crippen LogP contribution < -0.4 is 14.4 Å². The van der Waals surface area contributed by atoms with E-state index in [1.807, 2.05) is 24.3 Å². The van der Waals surface area contributed by atoms with Crippen LogP contribution in [0.25, 0.3) is 0 Å². The van der Waals surface area contributed by atoms with Crippen molar-refractivity contribution in [3.63, 3.8) is 0 Å². The fourth-order valence-corrected chi connectivity index (χ4v) is 7.49. The molecule has 1 aliphatic rings. The zero-order valence-corrected chi connectivity index (χ0v) is 26.0. The molecule has 228 valence electrons. The lowest BCUT2D eigenvalue weighted by Gasteiger charge is -2.25. The Balaban J connectivity index is 1.39. The number of hydrogen-bond donors (Lipinski definition) is 0. The van der Waals surface area contributed by atoms with E-state index in [-0.39, 0.29) is 26.9 Å². The third-order valence-corrected chi connectivity index (χ3v) is 10.5. The highest BCUT2D eigenvalue weighted by molar-refractivity contribution is 7.90. The number of hydrogen-bond acceptors (Lipinski definition) is 8. The van der Waals surface area contributed by atoms with Crippen molar-refractivity contribution in [2.24, 2.45) is 4.40 Å². The van der Waals surface area contributed by atoms with E-state index in [0.29, 0.717) is 36.6 Å². The summed E-state index contributed by atoms with van der Waals surface area (Å²) in [4.78, 5) is 14.9. The van der Waals surface area contributed by atoms with Crippen LogP contribution in [0.15, 0.2) is 111 Å². The van der Waals surface area contributed by atoms with Crippen LogP contribution in [0, 0.1) is 0 Å². The fourth-order valence-electron chi connectivity index (χ4n) is 4.82. The first-order chi connectivity index (χ1) is 21.1. The molecule has 0 spiro atoms. The molecular formula is C32H31N3O7S2. The van der Waals surface area contributed by atoms with Crippen LogP contribution in [0.4, 0.5) is 5.69 Å². The number of rotatable bonds is 10. The van der Waals surface area contributed by atoms with Crippen molar-refractivity contribution < 1.29 is 31.1 Å². The number of nitrogens with zero attached hydrogens (tertiary/aromatic N) is 3. The molecule has 0 aromatic heterocycles. The van der Waals surface area contributed by atoms with Crippen LogP contribution in [-0.2, 0) is 26.6 Å². The molecular weight excluding hydrogens is 603 g/mol. The SMILES string of the molecule is CCN(CC)S(=O)(=O)c1ccc(C(=O)Oc2ccc(N(Cc3ccc(OC)cc3)C3=NS(=O)(=O)c4ccccc43)cc2)cc1. The summed E-state index contributed by atoms with van der Waals surface area (Å²) in [5.41, 5.74) is 2.19. The quantitative estimate of drug-likeness (QED) is 0.175. The van der Waals surface area contributed by atoms with E-state index in [1.165, 1.54) is 34.6 Å². The Morgan fingerprint density at radius 1 is 0.818 bits per heavy atom. The molecule has 1 heterocycles. The van der Waals surface area contributed by atoms with Gasteiger partial charge in [0.1, 0.15) is 16.4 Å². The topological polar surface area (TPSA) is 123 Å². The highest BCUT2D eigenvalue weighted by Crippen LogP contribution is 2.32. The summed E-state index contributed by atoms with van der Waals surface area (Å²) in [6.07, 6.45) is 0. The molecule has 5 rings (SSSR count). The molecule has 0 unspecified atom stereocenters. The smallest absolute Gasteiger partial charge is 0.343 e. The van der Waals surface area contributed by atoms with E-state index in [9.17, 15) is 21.6 Å². The third-order valence-electron chi connectivity index (χ3n) is 7.16. The second kappa shape index (κ2) is 12.6. The molecule has 0 fully saturated rings. The van der Waals surface area contributed by atoms with Gasteiger partial charge in [-0.05, 0) is 78.4 Å². The van der Waals surface area contributed by atoms with Crippen molar-refractivity contribution in [3.8, 4) is 11.5 Å². The van der Waals surface area contributed by atoms with Gasteiger partial charge in [0.15, 0.2) is 5.84 Å². The minimum Gasteiger partial charge on any atom is -0.497 e. The minimum absolute atomic E-state index is 0.0949. The molecule has 0 bridgehead atoms. The fraction of sp³-hybridized carbons (Fsp3) is 0.188. The number of carbonyl (C=O) groups is 1. The molecule has 44 heavy (non-hydrogen) atoms. The average Bonchev–Trinajstić information content (AvgIpc) is 3.31. The Morgan fingerprint density at radius 3 is 2.05 bits per heavy atom. The molecule has 4 aromatic carbocycles. The second-order valence-corrected chi connectivity index (χ2v) is 13.3. The van der Waals surface area contributed by atoms with Crippen LogP contribution >= 0.6 is 0 Å². The number of benzene rings is 4. The lowest BCUT2D eigenvalue weighted by Crippen LogP contribution is -2.30. The Bertz CT molecular complexity index is 1900. The first-order valence-corrected chi connectivity index (χ1v) is 16.7. The van der Waals surface area contributed by atoms with Crippen molar-refractivity contribution in [3.05, 3.63) is 114 Å². The van der Waals surface area contributed by atoms with Gasteiger partial charge in [0.2, 0.25) is 10.0 Å². The highest BCUT2D eigenvalue weighted by Gasteiger charge is 2.32. The first kappa shape index (κ1) is 30.9. The lowest BCUT2D eigenvalue weighted by molar-refractivity contribution is 0.0734. The molecule has 0 aliphatic carbocycles. The van der Waals surface area contributed by atoms with Gasteiger partial charge in [-0.15, -0.1) is 4.40 Å². The van der Waals surface area contributed by atoms with E-state index in [2.05, 4.69) is 4.40 Å². The summed E-state index contributed by atoms with van der Waals surface area (Å²) >= 11 is 0. The van der Waals surface area contributed by atoms with Gasteiger partial charge < -0.3 is 14.4 Å². The molecule has 4 aromatic rings. The number of anilines is 1. The summed E-state index contributed by atoms with van der Waals surface area (Å²) < 4.78 is 67.5. The van der Waals surface area contributed by atoms with Gasteiger partial charge in [0.05, 0.1) is 17.6 Å². The Labute approximate surface area is 257 Å². The zero-order chi connectivity index (χ0) is 31.5. The van der Waals surface area contributed by atoms with E-state index in [0.717, 1.165) is 5.56 Å². The van der Waals surface area contributed by atoms with Gasteiger partial charge in [-0.25, -0.2) is 13.2 Å². The normalized spacial score (nSPS) is 13.7. The summed E-state index contributed by atoms with van der Waals surface area (Å²) in [5.74, 6) is 0.572. The number of esters is 1. The van der Waals surface area contributed by atoms with E-state index >= 15 is 0 Å². The van der Waals surface area contributed by atoms with Crippen LogP contribution in [0.1, 0.15) is 35.3 Å². The van der Waals surface area contributed by atoms with Crippen LogP contribution in [0.5, 0.6) is 11.5 Å². The molecule has 0 amide bonds. The van der Waals surface area contributed by atoms with Crippen molar-refractivity contribution in [1.82, 2.24) is 4.31 Å². The van der Waals surface area contributed by atoms with Crippen molar-refractivity contribution in [2.45, 2.75) is 30.2 Å². The zero-order valence-electron chi connectivity index (χ0n) is 24.4.